The molecule has 1 aromatic heterocycles. The van der Waals surface area contributed by atoms with Crippen LogP contribution in [0.15, 0.2) is 47.1 Å². The van der Waals surface area contributed by atoms with E-state index in [1.165, 1.54) is 17.4 Å². The van der Waals surface area contributed by atoms with E-state index in [0.717, 1.165) is 5.75 Å². The van der Waals surface area contributed by atoms with Gasteiger partial charge in [0.25, 0.3) is 0 Å². The van der Waals surface area contributed by atoms with E-state index in [0.29, 0.717) is 11.5 Å². The first-order valence-corrected chi connectivity index (χ1v) is 6.62. The molecule has 1 heterocycles. The lowest BCUT2D eigenvalue weighted by molar-refractivity contribution is 0.0992. The first-order valence-electron chi connectivity index (χ1n) is 5.46. The number of carbonyl (C=O) groups excluding carboxylic acids is 1. The zero-order chi connectivity index (χ0) is 12.1. The summed E-state index contributed by atoms with van der Waals surface area (Å²) in [4.78, 5) is 11.7. The van der Waals surface area contributed by atoms with Gasteiger partial charge in [-0.25, -0.2) is 0 Å². The standard InChI is InChI=1S/C14H14O2S/c1-11-5-2-3-6-12(11)9-17-10-13(15)14-7-4-8-16-14/h2-8H,9-10H2,1H3. The number of ketones is 1. The van der Waals surface area contributed by atoms with E-state index in [9.17, 15) is 4.79 Å². The van der Waals surface area contributed by atoms with E-state index >= 15 is 0 Å². The van der Waals surface area contributed by atoms with Crippen LogP contribution in [0.2, 0.25) is 0 Å². The highest BCUT2D eigenvalue weighted by molar-refractivity contribution is 7.99. The molecule has 0 atom stereocenters. The molecule has 17 heavy (non-hydrogen) atoms. The van der Waals surface area contributed by atoms with Gasteiger partial charge in [-0.15, -0.1) is 11.8 Å². The van der Waals surface area contributed by atoms with Gasteiger partial charge in [-0.3, -0.25) is 4.79 Å². The number of aryl methyl sites for hydroxylation is 1. The van der Waals surface area contributed by atoms with E-state index in [1.807, 2.05) is 12.1 Å². The van der Waals surface area contributed by atoms with Gasteiger partial charge in [-0.1, -0.05) is 24.3 Å². The molecule has 0 unspecified atom stereocenters. The van der Waals surface area contributed by atoms with Crippen LogP contribution in [0.5, 0.6) is 0 Å². The van der Waals surface area contributed by atoms with Crippen molar-refractivity contribution in [2.45, 2.75) is 12.7 Å². The van der Waals surface area contributed by atoms with Gasteiger partial charge in [0.15, 0.2) is 5.76 Å². The smallest absolute Gasteiger partial charge is 0.207 e. The average Bonchev–Trinajstić information content (AvgIpc) is 2.85. The third-order valence-electron chi connectivity index (χ3n) is 2.55. The molecule has 0 aliphatic carbocycles. The topological polar surface area (TPSA) is 30.2 Å². The maximum atomic E-state index is 11.7. The maximum Gasteiger partial charge on any atom is 0.207 e. The highest BCUT2D eigenvalue weighted by Crippen LogP contribution is 2.17. The Hall–Kier alpha value is -1.48. The minimum absolute atomic E-state index is 0.0496. The fraction of sp³-hybridized carbons (Fsp3) is 0.214. The van der Waals surface area contributed by atoms with Crippen LogP contribution < -0.4 is 0 Å². The molecule has 1 aromatic carbocycles. The van der Waals surface area contributed by atoms with Crippen molar-refractivity contribution in [3.63, 3.8) is 0 Å². The van der Waals surface area contributed by atoms with E-state index in [1.54, 1.807) is 23.9 Å². The molecule has 2 rings (SSSR count). The SMILES string of the molecule is Cc1ccccc1CSCC(=O)c1ccco1. The Morgan fingerprint density at radius 1 is 1.24 bits per heavy atom. The molecule has 3 heteroatoms. The molecule has 0 aliphatic heterocycles. The van der Waals surface area contributed by atoms with Crippen molar-refractivity contribution < 1.29 is 9.21 Å². The second-order valence-electron chi connectivity index (χ2n) is 3.82. The van der Waals surface area contributed by atoms with Crippen LogP contribution >= 0.6 is 11.8 Å². The molecule has 0 spiro atoms. The van der Waals surface area contributed by atoms with Gasteiger partial charge in [0.2, 0.25) is 5.78 Å². The predicted molar refractivity (Wildman–Crippen MR) is 70.4 cm³/mol. The van der Waals surface area contributed by atoms with Gasteiger partial charge >= 0.3 is 0 Å². The molecule has 0 fully saturated rings. The lowest BCUT2D eigenvalue weighted by atomic mass is 10.1. The number of benzene rings is 1. The molecule has 0 radical (unpaired) electrons. The summed E-state index contributed by atoms with van der Waals surface area (Å²) in [7, 11) is 0. The summed E-state index contributed by atoms with van der Waals surface area (Å²) >= 11 is 1.62. The van der Waals surface area contributed by atoms with Crippen LogP contribution in [0.3, 0.4) is 0 Å². The summed E-state index contributed by atoms with van der Waals surface area (Å²) in [6.07, 6.45) is 1.53. The Morgan fingerprint density at radius 3 is 2.76 bits per heavy atom. The summed E-state index contributed by atoms with van der Waals surface area (Å²) in [6, 6.07) is 11.7. The van der Waals surface area contributed by atoms with Crippen molar-refractivity contribution >= 4 is 17.5 Å². The maximum absolute atomic E-state index is 11.7. The van der Waals surface area contributed by atoms with Crippen molar-refractivity contribution in [3.05, 3.63) is 59.5 Å². The lowest BCUT2D eigenvalue weighted by Gasteiger charge is -2.04. The predicted octanol–water partition coefficient (Wildman–Crippen LogP) is 3.70. The molecule has 0 amide bonds. The first-order chi connectivity index (χ1) is 8.27. The van der Waals surface area contributed by atoms with Gasteiger partial charge in [-0.2, -0.15) is 0 Å². The molecule has 0 saturated carbocycles. The molecule has 2 aromatic rings. The number of rotatable bonds is 5. The van der Waals surface area contributed by atoms with Gasteiger partial charge in [0.1, 0.15) is 0 Å². The average molecular weight is 246 g/mol. The minimum atomic E-state index is 0.0496. The third kappa shape index (κ3) is 3.24. The monoisotopic (exact) mass is 246 g/mol. The summed E-state index contributed by atoms with van der Waals surface area (Å²) in [6.45, 7) is 2.09. The van der Waals surface area contributed by atoms with Crippen molar-refractivity contribution in [2.75, 3.05) is 5.75 Å². The summed E-state index contributed by atoms with van der Waals surface area (Å²) in [5.74, 6) is 1.82. The van der Waals surface area contributed by atoms with Crippen molar-refractivity contribution in [1.82, 2.24) is 0 Å². The largest absolute Gasteiger partial charge is 0.461 e. The molecule has 0 saturated heterocycles. The first kappa shape index (κ1) is 12.0. The fourth-order valence-electron chi connectivity index (χ4n) is 1.53. The highest BCUT2D eigenvalue weighted by Gasteiger charge is 2.08. The van der Waals surface area contributed by atoms with Crippen LogP contribution in [0, 0.1) is 6.92 Å². The Kier molecular flexibility index (Phi) is 4.04. The normalized spacial score (nSPS) is 10.4. The van der Waals surface area contributed by atoms with Crippen molar-refractivity contribution in [3.8, 4) is 0 Å². The molecule has 2 nitrogen and oxygen atoms in total. The van der Waals surface area contributed by atoms with E-state index in [-0.39, 0.29) is 5.78 Å². The fourth-order valence-corrected chi connectivity index (χ4v) is 2.51. The van der Waals surface area contributed by atoms with Crippen LogP contribution in [-0.4, -0.2) is 11.5 Å². The Morgan fingerprint density at radius 2 is 2.06 bits per heavy atom. The zero-order valence-electron chi connectivity index (χ0n) is 9.68. The lowest BCUT2D eigenvalue weighted by Crippen LogP contribution is -2.01. The second kappa shape index (κ2) is 5.73. The van der Waals surface area contributed by atoms with Crippen molar-refractivity contribution in [1.29, 1.82) is 0 Å². The summed E-state index contributed by atoms with van der Waals surface area (Å²) < 4.78 is 5.06. The number of hydrogen-bond donors (Lipinski definition) is 0. The van der Waals surface area contributed by atoms with Crippen LogP contribution in [0.4, 0.5) is 0 Å². The second-order valence-corrected chi connectivity index (χ2v) is 4.81. The van der Waals surface area contributed by atoms with Gasteiger partial charge in [0.05, 0.1) is 12.0 Å². The number of Topliss-reactive ketones (excluding diaryl/α,β-unsaturated/α-hetero) is 1. The number of hydrogen-bond acceptors (Lipinski definition) is 3. The highest BCUT2D eigenvalue weighted by atomic mass is 32.2. The number of thioether (sulfide) groups is 1. The van der Waals surface area contributed by atoms with Gasteiger partial charge in [-0.05, 0) is 30.2 Å². The molecule has 0 N–H and O–H groups in total. The third-order valence-corrected chi connectivity index (χ3v) is 3.53. The van der Waals surface area contributed by atoms with Crippen LogP contribution in [-0.2, 0) is 5.75 Å². The van der Waals surface area contributed by atoms with Gasteiger partial charge < -0.3 is 4.42 Å². The Balaban J connectivity index is 1.84. The molecule has 88 valence electrons. The van der Waals surface area contributed by atoms with Crippen molar-refractivity contribution in [2.24, 2.45) is 0 Å². The molecule has 0 bridgehead atoms. The zero-order valence-corrected chi connectivity index (χ0v) is 10.5. The number of furan rings is 1. The minimum Gasteiger partial charge on any atom is -0.461 e. The van der Waals surface area contributed by atoms with E-state index in [2.05, 4.69) is 19.1 Å². The van der Waals surface area contributed by atoms with E-state index < -0.39 is 0 Å². The molecular weight excluding hydrogens is 232 g/mol. The summed E-state index contributed by atoms with van der Waals surface area (Å²) in [5.41, 5.74) is 2.55. The van der Waals surface area contributed by atoms with Gasteiger partial charge in [0, 0.05) is 5.75 Å². The van der Waals surface area contributed by atoms with Crippen LogP contribution in [0.1, 0.15) is 21.7 Å². The van der Waals surface area contributed by atoms with E-state index in [4.69, 9.17) is 4.42 Å². The number of carbonyl (C=O) groups is 1. The quantitative estimate of drug-likeness (QED) is 0.753. The molecule has 0 aliphatic rings. The molecular formula is C14H14O2S. The Labute approximate surface area is 105 Å². The summed E-state index contributed by atoms with van der Waals surface area (Å²) in [5, 5.41) is 0. The van der Waals surface area contributed by atoms with Crippen LogP contribution in [0.25, 0.3) is 0 Å². The Bertz CT molecular complexity index is 489.